The van der Waals surface area contributed by atoms with Crippen LogP contribution in [0.1, 0.15) is 11.8 Å². The molecule has 0 amide bonds. The molecule has 3 aromatic rings. The molecule has 13 nitrogen and oxygen atoms in total. The fourth-order valence-electron chi connectivity index (χ4n) is 3.45. The van der Waals surface area contributed by atoms with E-state index in [9.17, 15) is 18.6 Å². The lowest BCUT2D eigenvalue weighted by atomic mass is 10.1. The molecule has 0 aliphatic carbocycles. The Morgan fingerprint density at radius 1 is 1.22 bits per heavy atom. The van der Waals surface area contributed by atoms with Crippen LogP contribution in [0.4, 0.5) is 5.82 Å². The van der Waals surface area contributed by atoms with Gasteiger partial charge in [0.2, 0.25) is 0 Å². The molecule has 32 heavy (non-hydrogen) atoms. The molecule has 0 bridgehead atoms. The summed E-state index contributed by atoms with van der Waals surface area (Å²) in [7, 11) is -2.89. The third kappa shape index (κ3) is 4.64. The van der Waals surface area contributed by atoms with Gasteiger partial charge in [0, 0.05) is 13.1 Å². The van der Waals surface area contributed by atoms with Crippen molar-refractivity contribution in [3.05, 3.63) is 42.5 Å². The highest BCUT2D eigenvalue weighted by Gasteiger charge is 2.44. The standard InChI is InChI=1S/C18H22N6O7S/c1-30-11-4-2-3-10(5-11)6-19-16-13-17(21-8-20-16)24(9-22-13)18-15(26)14(25)12(31-18)7-23-32(27,28)29/h2-5,8-9,12,14-15,18,23,25-26H,6-7H2,1H3,(H,19,20,21)(H,27,28,29)/t12-,14-,15-,18-/m1/s1. The van der Waals surface area contributed by atoms with Gasteiger partial charge in [0.15, 0.2) is 23.2 Å². The summed E-state index contributed by atoms with van der Waals surface area (Å²) in [5.74, 6) is 1.18. The number of hydrogen-bond donors (Lipinski definition) is 5. The molecule has 3 heterocycles. The van der Waals surface area contributed by atoms with Crippen molar-refractivity contribution in [2.45, 2.75) is 31.1 Å². The van der Waals surface area contributed by atoms with E-state index in [-0.39, 0.29) is 0 Å². The highest BCUT2D eigenvalue weighted by molar-refractivity contribution is 7.83. The van der Waals surface area contributed by atoms with Crippen LogP contribution in [-0.4, -0.2) is 74.7 Å². The number of rotatable bonds is 8. The molecule has 4 atom stereocenters. The van der Waals surface area contributed by atoms with Crippen LogP contribution in [0.15, 0.2) is 36.9 Å². The molecule has 172 valence electrons. The van der Waals surface area contributed by atoms with Crippen molar-refractivity contribution in [2.24, 2.45) is 0 Å². The third-order valence-corrected chi connectivity index (χ3v) is 5.56. The van der Waals surface area contributed by atoms with Gasteiger partial charge in [-0.3, -0.25) is 9.12 Å². The molecule has 1 aromatic carbocycles. The van der Waals surface area contributed by atoms with E-state index in [4.69, 9.17) is 14.0 Å². The summed E-state index contributed by atoms with van der Waals surface area (Å²) < 4.78 is 44.7. The van der Waals surface area contributed by atoms with E-state index in [2.05, 4.69) is 20.3 Å². The van der Waals surface area contributed by atoms with Gasteiger partial charge in [-0.15, -0.1) is 0 Å². The van der Waals surface area contributed by atoms with Crippen molar-refractivity contribution in [1.29, 1.82) is 0 Å². The van der Waals surface area contributed by atoms with E-state index in [1.807, 2.05) is 29.0 Å². The topological polar surface area (TPSA) is 181 Å². The number of nitrogens with one attached hydrogen (secondary N) is 2. The number of ether oxygens (including phenoxy) is 2. The van der Waals surface area contributed by atoms with Crippen molar-refractivity contribution in [3.63, 3.8) is 0 Å². The number of nitrogens with zero attached hydrogens (tertiary/aromatic N) is 4. The number of aliphatic hydroxyl groups is 2. The van der Waals surface area contributed by atoms with Gasteiger partial charge in [0.05, 0.1) is 13.4 Å². The predicted molar refractivity (Wildman–Crippen MR) is 111 cm³/mol. The third-order valence-electron chi connectivity index (χ3n) is 5.03. The Kier molecular flexibility index (Phi) is 6.23. The van der Waals surface area contributed by atoms with Gasteiger partial charge in [-0.05, 0) is 17.7 Å². The van der Waals surface area contributed by atoms with Crippen LogP contribution in [-0.2, 0) is 21.6 Å². The number of hydrogen-bond acceptors (Lipinski definition) is 10. The van der Waals surface area contributed by atoms with Crippen molar-refractivity contribution < 1.29 is 32.7 Å². The van der Waals surface area contributed by atoms with Crippen LogP contribution in [0.3, 0.4) is 0 Å². The fraction of sp³-hybridized carbons (Fsp3) is 0.389. The van der Waals surface area contributed by atoms with E-state index >= 15 is 0 Å². The summed E-state index contributed by atoms with van der Waals surface area (Å²) >= 11 is 0. The SMILES string of the molecule is COc1cccc(CNc2ncnc3c2ncn3[C@@H]2O[C@H](CNS(=O)(=O)O)[C@@H](O)[C@H]2O)c1. The second-order valence-electron chi connectivity index (χ2n) is 7.12. The van der Waals surface area contributed by atoms with Gasteiger partial charge in [0.25, 0.3) is 0 Å². The van der Waals surface area contributed by atoms with Crippen LogP contribution >= 0.6 is 0 Å². The van der Waals surface area contributed by atoms with Gasteiger partial charge < -0.3 is 25.0 Å². The number of aromatic nitrogens is 4. The van der Waals surface area contributed by atoms with Gasteiger partial charge >= 0.3 is 10.3 Å². The van der Waals surface area contributed by atoms with E-state index in [0.29, 0.717) is 23.5 Å². The number of methoxy groups -OCH3 is 1. The monoisotopic (exact) mass is 466 g/mol. The maximum atomic E-state index is 10.9. The van der Waals surface area contributed by atoms with E-state index < -0.39 is 41.4 Å². The molecule has 2 aromatic heterocycles. The average molecular weight is 466 g/mol. The summed E-state index contributed by atoms with van der Waals surface area (Å²) in [5.41, 5.74) is 1.72. The van der Waals surface area contributed by atoms with Crippen LogP contribution < -0.4 is 14.8 Å². The number of benzene rings is 1. The molecule has 0 radical (unpaired) electrons. The van der Waals surface area contributed by atoms with Crippen molar-refractivity contribution >= 4 is 27.3 Å². The fourth-order valence-corrected chi connectivity index (χ4v) is 3.83. The van der Waals surface area contributed by atoms with E-state index in [0.717, 1.165) is 11.3 Å². The summed E-state index contributed by atoms with van der Waals surface area (Å²) in [6, 6.07) is 7.53. The minimum atomic E-state index is -4.48. The number of fused-ring (bicyclic) bond motifs is 1. The van der Waals surface area contributed by atoms with E-state index in [1.165, 1.54) is 17.2 Å². The molecule has 0 saturated carbocycles. The molecule has 0 spiro atoms. The lowest BCUT2D eigenvalue weighted by molar-refractivity contribution is -0.0331. The second-order valence-corrected chi connectivity index (χ2v) is 8.36. The smallest absolute Gasteiger partial charge is 0.333 e. The Hall–Kier alpha value is -2.88. The van der Waals surface area contributed by atoms with Crippen LogP contribution in [0, 0.1) is 0 Å². The summed E-state index contributed by atoms with van der Waals surface area (Å²) in [6.45, 7) is 0.0172. The normalized spacial score (nSPS) is 23.5. The Morgan fingerprint density at radius 3 is 2.78 bits per heavy atom. The average Bonchev–Trinajstić information content (AvgIpc) is 3.32. The highest BCUT2D eigenvalue weighted by atomic mass is 32.2. The van der Waals surface area contributed by atoms with Gasteiger partial charge in [-0.1, -0.05) is 12.1 Å². The highest BCUT2D eigenvalue weighted by Crippen LogP contribution is 2.32. The predicted octanol–water partition coefficient (Wildman–Crippen LogP) is -0.541. The first-order chi connectivity index (χ1) is 15.3. The number of imidazole rings is 1. The maximum Gasteiger partial charge on any atom is 0.333 e. The summed E-state index contributed by atoms with van der Waals surface area (Å²) in [5, 5.41) is 23.8. The summed E-state index contributed by atoms with van der Waals surface area (Å²) in [6.07, 6.45) is -2.26. The van der Waals surface area contributed by atoms with Crippen molar-refractivity contribution in [1.82, 2.24) is 24.2 Å². The molecular weight excluding hydrogens is 444 g/mol. The molecule has 0 unspecified atom stereocenters. The molecule has 1 aliphatic heterocycles. The van der Waals surface area contributed by atoms with Crippen LogP contribution in [0.2, 0.25) is 0 Å². The zero-order chi connectivity index (χ0) is 22.9. The first-order valence-electron chi connectivity index (χ1n) is 9.55. The molecule has 1 aliphatic rings. The lowest BCUT2D eigenvalue weighted by Crippen LogP contribution is -2.39. The number of aliphatic hydroxyl groups excluding tert-OH is 2. The van der Waals surface area contributed by atoms with Crippen molar-refractivity contribution in [3.8, 4) is 5.75 Å². The van der Waals surface area contributed by atoms with Gasteiger partial charge in [-0.25, -0.2) is 15.0 Å². The van der Waals surface area contributed by atoms with Gasteiger partial charge in [0.1, 0.15) is 30.4 Å². The largest absolute Gasteiger partial charge is 0.497 e. The molecule has 4 rings (SSSR count). The van der Waals surface area contributed by atoms with Gasteiger partial charge in [-0.2, -0.15) is 13.1 Å². The van der Waals surface area contributed by atoms with Crippen LogP contribution in [0.25, 0.3) is 11.2 Å². The minimum Gasteiger partial charge on any atom is -0.497 e. The first-order valence-corrected chi connectivity index (χ1v) is 11.0. The Morgan fingerprint density at radius 2 is 2.03 bits per heavy atom. The van der Waals surface area contributed by atoms with Crippen LogP contribution in [0.5, 0.6) is 5.75 Å². The first kappa shape index (κ1) is 22.3. The molecule has 5 N–H and O–H groups in total. The Balaban J connectivity index is 1.53. The minimum absolute atomic E-state index is 0.341. The van der Waals surface area contributed by atoms with Crippen molar-refractivity contribution in [2.75, 3.05) is 19.0 Å². The lowest BCUT2D eigenvalue weighted by Gasteiger charge is -2.16. The Labute approximate surface area is 182 Å². The summed E-state index contributed by atoms with van der Waals surface area (Å²) in [4.78, 5) is 12.7. The number of anilines is 1. The maximum absolute atomic E-state index is 10.9. The molecular formula is C18H22N6O7S. The quantitative estimate of drug-likeness (QED) is 0.269. The molecule has 1 saturated heterocycles. The molecule has 14 heteroatoms. The zero-order valence-corrected chi connectivity index (χ0v) is 17.7. The zero-order valence-electron chi connectivity index (χ0n) is 16.9. The van der Waals surface area contributed by atoms with E-state index in [1.54, 1.807) is 7.11 Å². The molecule has 1 fully saturated rings. The Bertz CT molecular complexity index is 1200. The second kappa shape index (κ2) is 8.93.